The Morgan fingerprint density at radius 1 is 1.48 bits per heavy atom. The number of aryl methyl sites for hydroxylation is 1. The summed E-state index contributed by atoms with van der Waals surface area (Å²) in [5.41, 5.74) is 5.97. The minimum atomic E-state index is -3.90. The van der Waals surface area contributed by atoms with Gasteiger partial charge >= 0.3 is 0 Å². The van der Waals surface area contributed by atoms with E-state index in [4.69, 9.17) is 17.3 Å². The Morgan fingerprint density at radius 2 is 2.13 bits per heavy atom. The smallest absolute Gasteiger partial charge is 0.289 e. The zero-order valence-electron chi connectivity index (χ0n) is 13.0. The van der Waals surface area contributed by atoms with E-state index in [9.17, 15) is 18.5 Å². The lowest BCUT2D eigenvalue weighted by Gasteiger charge is -2.33. The molecule has 23 heavy (non-hydrogen) atoms. The minimum Gasteiger partial charge on any atom is -0.328 e. The van der Waals surface area contributed by atoms with Gasteiger partial charge in [0.05, 0.1) is 4.92 Å². The van der Waals surface area contributed by atoms with Gasteiger partial charge in [-0.3, -0.25) is 10.1 Å². The quantitative estimate of drug-likeness (QED) is 0.654. The fraction of sp³-hybridized carbons (Fsp3) is 0.571. The van der Waals surface area contributed by atoms with Gasteiger partial charge in [0.1, 0.15) is 9.92 Å². The number of halogens is 1. The standard InChI is InChI=1S/C14H20ClN3O4S/c1-9-6-12(18(19)20)14(15)13(7-9)23(21,22)17-5-3-4-11(8-17)10(2)16/h6-7,10-11H,3-5,8,16H2,1-2H3. The second-order valence-corrected chi connectivity index (χ2v) is 8.26. The Kier molecular flexibility index (Phi) is 5.30. The summed E-state index contributed by atoms with van der Waals surface area (Å²) in [6, 6.07) is 2.53. The van der Waals surface area contributed by atoms with Gasteiger partial charge in [-0.25, -0.2) is 8.42 Å². The summed E-state index contributed by atoms with van der Waals surface area (Å²) >= 11 is 6.01. The molecule has 0 spiro atoms. The van der Waals surface area contributed by atoms with E-state index in [1.54, 1.807) is 6.92 Å². The van der Waals surface area contributed by atoms with Gasteiger partial charge in [-0.05, 0) is 44.2 Å². The SMILES string of the molecule is Cc1cc([N+](=O)[O-])c(Cl)c(S(=O)(=O)N2CCCC(C(C)N)C2)c1. The van der Waals surface area contributed by atoms with Gasteiger partial charge in [0.2, 0.25) is 10.0 Å². The fourth-order valence-corrected chi connectivity index (χ4v) is 4.97. The highest BCUT2D eigenvalue weighted by atomic mass is 35.5. The first kappa shape index (κ1) is 18.1. The lowest BCUT2D eigenvalue weighted by Crippen LogP contribution is -2.45. The second kappa shape index (κ2) is 6.72. The minimum absolute atomic E-state index is 0.0668. The second-order valence-electron chi connectivity index (χ2n) is 5.98. The van der Waals surface area contributed by atoms with E-state index >= 15 is 0 Å². The number of rotatable bonds is 4. The first-order valence-corrected chi connectivity index (χ1v) is 9.16. The summed E-state index contributed by atoms with van der Waals surface area (Å²) in [6.45, 7) is 4.12. The van der Waals surface area contributed by atoms with Crippen molar-refractivity contribution in [1.29, 1.82) is 0 Å². The summed E-state index contributed by atoms with van der Waals surface area (Å²) in [5.74, 6) is 0.0668. The Labute approximate surface area is 140 Å². The monoisotopic (exact) mass is 361 g/mol. The van der Waals surface area contributed by atoms with E-state index in [0.717, 1.165) is 6.42 Å². The number of sulfonamides is 1. The lowest BCUT2D eigenvalue weighted by atomic mass is 9.93. The summed E-state index contributed by atoms with van der Waals surface area (Å²) in [6.07, 6.45) is 1.57. The third-order valence-electron chi connectivity index (χ3n) is 4.14. The molecule has 0 aliphatic carbocycles. The van der Waals surface area contributed by atoms with Crippen molar-refractivity contribution in [3.05, 3.63) is 32.8 Å². The maximum Gasteiger partial charge on any atom is 0.289 e. The highest BCUT2D eigenvalue weighted by Crippen LogP contribution is 2.35. The molecule has 2 rings (SSSR count). The zero-order valence-corrected chi connectivity index (χ0v) is 14.6. The van der Waals surface area contributed by atoms with E-state index < -0.39 is 20.6 Å². The molecule has 1 saturated heterocycles. The molecule has 1 aliphatic heterocycles. The van der Waals surface area contributed by atoms with Crippen molar-refractivity contribution in [1.82, 2.24) is 4.31 Å². The third-order valence-corrected chi connectivity index (χ3v) is 6.54. The van der Waals surface area contributed by atoms with Gasteiger partial charge in [0, 0.05) is 25.2 Å². The topological polar surface area (TPSA) is 107 Å². The van der Waals surface area contributed by atoms with Crippen molar-refractivity contribution in [3.8, 4) is 0 Å². The molecule has 1 aromatic carbocycles. The average molecular weight is 362 g/mol. The van der Waals surface area contributed by atoms with Crippen molar-refractivity contribution in [2.75, 3.05) is 13.1 Å². The van der Waals surface area contributed by atoms with Crippen LogP contribution in [0.1, 0.15) is 25.3 Å². The van der Waals surface area contributed by atoms with E-state index in [2.05, 4.69) is 0 Å². The van der Waals surface area contributed by atoms with Gasteiger partial charge in [-0.2, -0.15) is 4.31 Å². The fourth-order valence-electron chi connectivity index (χ4n) is 2.80. The Bertz CT molecular complexity index is 721. The number of nitrogens with two attached hydrogens (primary N) is 1. The summed E-state index contributed by atoms with van der Waals surface area (Å²) in [4.78, 5) is 10.2. The number of hydrogen-bond acceptors (Lipinski definition) is 5. The Morgan fingerprint density at radius 3 is 2.70 bits per heavy atom. The molecule has 9 heteroatoms. The van der Waals surface area contributed by atoms with Gasteiger partial charge in [0.15, 0.2) is 0 Å². The van der Waals surface area contributed by atoms with Gasteiger partial charge in [-0.1, -0.05) is 11.6 Å². The van der Waals surface area contributed by atoms with Gasteiger partial charge in [0.25, 0.3) is 5.69 Å². The normalized spacial score (nSPS) is 21.1. The van der Waals surface area contributed by atoms with Crippen molar-refractivity contribution >= 4 is 27.3 Å². The molecule has 1 fully saturated rings. The predicted molar refractivity (Wildman–Crippen MR) is 88.0 cm³/mol. The van der Waals surface area contributed by atoms with Crippen molar-refractivity contribution in [2.45, 2.75) is 37.6 Å². The zero-order chi connectivity index (χ0) is 17.4. The Hall–Kier alpha value is -1.22. The molecule has 2 unspecified atom stereocenters. The first-order valence-electron chi connectivity index (χ1n) is 7.35. The molecular formula is C14H20ClN3O4S. The van der Waals surface area contributed by atoms with Crippen LogP contribution in [0.2, 0.25) is 5.02 Å². The van der Waals surface area contributed by atoms with Crippen LogP contribution in [-0.4, -0.2) is 36.8 Å². The molecule has 1 heterocycles. The third kappa shape index (κ3) is 3.65. The van der Waals surface area contributed by atoms with Crippen molar-refractivity contribution in [2.24, 2.45) is 11.7 Å². The summed E-state index contributed by atoms with van der Waals surface area (Å²) in [5, 5.41) is 10.7. The number of nitro benzene ring substituents is 1. The van der Waals surface area contributed by atoms with Crippen LogP contribution in [0.5, 0.6) is 0 Å². The molecule has 2 atom stereocenters. The highest BCUT2D eigenvalue weighted by Gasteiger charge is 2.34. The van der Waals surface area contributed by atoms with Crippen LogP contribution in [0.15, 0.2) is 17.0 Å². The average Bonchev–Trinajstić information content (AvgIpc) is 2.48. The van der Waals surface area contributed by atoms with Crippen molar-refractivity contribution in [3.63, 3.8) is 0 Å². The van der Waals surface area contributed by atoms with Crippen LogP contribution >= 0.6 is 11.6 Å². The molecule has 0 amide bonds. The number of benzene rings is 1. The number of nitro groups is 1. The van der Waals surface area contributed by atoms with Crippen LogP contribution < -0.4 is 5.73 Å². The van der Waals surface area contributed by atoms with Crippen LogP contribution in [-0.2, 0) is 10.0 Å². The molecule has 7 nitrogen and oxygen atoms in total. The molecule has 0 saturated carbocycles. The molecule has 0 aromatic heterocycles. The van der Waals surface area contributed by atoms with Crippen LogP contribution in [0.4, 0.5) is 5.69 Å². The largest absolute Gasteiger partial charge is 0.328 e. The maximum absolute atomic E-state index is 12.9. The molecule has 1 aromatic rings. The van der Waals surface area contributed by atoms with E-state index in [-0.39, 0.29) is 21.9 Å². The van der Waals surface area contributed by atoms with Crippen LogP contribution in [0.25, 0.3) is 0 Å². The molecule has 128 valence electrons. The van der Waals surface area contributed by atoms with E-state index in [1.807, 2.05) is 6.92 Å². The molecule has 0 radical (unpaired) electrons. The van der Waals surface area contributed by atoms with Gasteiger partial charge in [-0.15, -0.1) is 0 Å². The molecular weight excluding hydrogens is 342 g/mol. The summed E-state index contributed by atoms with van der Waals surface area (Å²) < 4.78 is 27.1. The molecule has 1 aliphatic rings. The number of nitrogens with zero attached hydrogens (tertiary/aromatic N) is 2. The Balaban J connectivity index is 2.46. The molecule has 2 N–H and O–H groups in total. The highest BCUT2D eigenvalue weighted by molar-refractivity contribution is 7.89. The predicted octanol–water partition coefficient (Wildman–Crippen LogP) is 2.30. The number of hydrogen-bond donors (Lipinski definition) is 1. The maximum atomic E-state index is 12.9. The van der Waals surface area contributed by atoms with E-state index in [0.29, 0.717) is 25.1 Å². The molecule has 0 bridgehead atoms. The number of piperidine rings is 1. The van der Waals surface area contributed by atoms with Gasteiger partial charge < -0.3 is 5.73 Å². The summed E-state index contributed by atoms with van der Waals surface area (Å²) in [7, 11) is -3.90. The van der Waals surface area contributed by atoms with Crippen LogP contribution in [0.3, 0.4) is 0 Å². The lowest BCUT2D eigenvalue weighted by molar-refractivity contribution is -0.385. The van der Waals surface area contributed by atoms with Crippen LogP contribution in [0, 0.1) is 23.0 Å². The van der Waals surface area contributed by atoms with E-state index in [1.165, 1.54) is 16.4 Å². The first-order chi connectivity index (χ1) is 10.6. The van der Waals surface area contributed by atoms with Crippen molar-refractivity contribution < 1.29 is 13.3 Å².